The third-order valence-electron chi connectivity index (χ3n) is 6.89. The summed E-state index contributed by atoms with van der Waals surface area (Å²) in [6.07, 6.45) is 0.471. The highest BCUT2D eigenvalue weighted by molar-refractivity contribution is 7.93. The number of amides is 2. The van der Waals surface area contributed by atoms with Crippen molar-refractivity contribution >= 4 is 38.3 Å². The van der Waals surface area contributed by atoms with Crippen LogP contribution in [0.25, 0.3) is 10.8 Å². The zero-order valence-corrected chi connectivity index (χ0v) is 22.7. The van der Waals surface area contributed by atoms with Gasteiger partial charge in [0.25, 0.3) is 10.0 Å². The molecule has 0 aromatic heterocycles. The molecule has 1 N–H and O–H groups in total. The molecular formula is C29H35N3O4S. The summed E-state index contributed by atoms with van der Waals surface area (Å²) in [5.41, 5.74) is 2.67. The van der Waals surface area contributed by atoms with Crippen molar-refractivity contribution in [3.8, 4) is 0 Å². The molecule has 2 amide bonds. The van der Waals surface area contributed by atoms with Gasteiger partial charge in [-0.1, -0.05) is 62.4 Å². The molecule has 7 nitrogen and oxygen atoms in total. The van der Waals surface area contributed by atoms with E-state index in [-0.39, 0.29) is 24.8 Å². The molecule has 1 atom stereocenters. The van der Waals surface area contributed by atoms with Crippen LogP contribution < -0.4 is 9.62 Å². The lowest BCUT2D eigenvalue weighted by Crippen LogP contribution is -2.48. The van der Waals surface area contributed by atoms with Gasteiger partial charge in [0.05, 0.1) is 10.6 Å². The lowest BCUT2D eigenvalue weighted by atomic mass is 10.1. The average molecular weight is 522 g/mol. The van der Waals surface area contributed by atoms with Crippen LogP contribution in [-0.2, 0) is 26.2 Å². The second-order valence-corrected chi connectivity index (χ2v) is 11.9. The fraction of sp³-hybridized carbons (Fsp3) is 0.379. The third-order valence-corrected chi connectivity index (χ3v) is 8.74. The van der Waals surface area contributed by atoms with Gasteiger partial charge in [0.1, 0.15) is 6.04 Å². The number of nitrogens with one attached hydrogen (secondary N) is 1. The van der Waals surface area contributed by atoms with Crippen LogP contribution in [0.3, 0.4) is 0 Å². The van der Waals surface area contributed by atoms with Gasteiger partial charge in [0.2, 0.25) is 11.8 Å². The number of anilines is 1. The first-order valence-corrected chi connectivity index (χ1v) is 14.2. The highest BCUT2D eigenvalue weighted by atomic mass is 32.2. The van der Waals surface area contributed by atoms with Crippen LogP contribution in [0.15, 0.2) is 65.6 Å². The van der Waals surface area contributed by atoms with Gasteiger partial charge in [-0.25, -0.2) is 8.42 Å². The monoisotopic (exact) mass is 521 g/mol. The Morgan fingerprint density at radius 3 is 2.38 bits per heavy atom. The van der Waals surface area contributed by atoms with E-state index in [0.29, 0.717) is 36.0 Å². The number of sulfonamides is 1. The number of aryl methyl sites for hydroxylation is 1. The predicted molar refractivity (Wildman–Crippen MR) is 147 cm³/mol. The van der Waals surface area contributed by atoms with Crippen LogP contribution in [0.2, 0.25) is 0 Å². The molecule has 0 bridgehead atoms. The molecule has 0 aliphatic carbocycles. The van der Waals surface area contributed by atoms with Gasteiger partial charge in [-0.15, -0.1) is 0 Å². The fourth-order valence-electron chi connectivity index (χ4n) is 4.72. The van der Waals surface area contributed by atoms with Gasteiger partial charge < -0.3 is 10.2 Å². The molecule has 0 saturated heterocycles. The van der Waals surface area contributed by atoms with Crippen molar-refractivity contribution in [1.82, 2.24) is 10.2 Å². The van der Waals surface area contributed by atoms with Crippen LogP contribution in [0, 0.1) is 12.8 Å². The summed E-state index contributed by atoms with van der Waals surface area (Å²) in [5.74, 6) is -0.0738. The number of hydrogen-bond acceptors (Lipinski definition) is 4. The van der Waals surface area contributed by atoms with Gasteiger partial charge in [-0.3, -0.25) is 13.9 Å². The zero-order valence-electron chi connectivity index (χ0n) is 21.9. The number of hydrogen-bond donors (Lipinski definition) is 1. The van der Waals surface area contributed by atoms with Crippen molar-refractivity contribution < 1.29 is 18.0 Å². The summed E-state index contributed by atoms with van der Waals surface area (Å²) in [6, 6.07) is 18.0. The number of carbonyl (C=O) groups excluding carboxylic acids is 2. The van der Waals surface area contributed by atoms with Crippen molar-refractivity contribution in [1.29, 1.82) is 0 Å². The Hall–Kier alpha value is -3.39. The van der Waals surface area contributed by atoms with Gasteiger partial charge in [-0.05, 0) is 54.8 Å². The number of benzene rings is 3. The summed E-state index contributed by atoms with van der Waals surface area (Å²) < 4.78 is 27.9. The minimum Gasteiger partial charge on any atom is -0.354 e. The van der Waals surface area contributed by atoms with Crippen LogP contribution in [0.1, 0.15) is 44.7 Å². The summed E-state index contributed by atoms with van der Waals surface area (Å²) in [7, 11) is -3.67. The molecule has 3 aromatic rings. The van der Waals surface area contributed by atoms with Crippen molar-refractivity contribution in [2.45, 2.75) is 58.0 Å². The van der Waals surface area contributed by atoms with E-state index < -0.39 is 16.1 Å². The molecule has 1 aliphatic rings. The lowest BCUT2D eigenvalue weighted by Gasteiger charge is -2.30. The molecule has 0 fully saturated rings. The minimum absolute atomic E-state index is 0.131. The second kappa shape index (κ2) is 10.9. The zero-order chi connectivity index (χ0) is 26.7. The summed E-state index contributed by atoms with van der Waals surface area (Å²) in [5, 5.41) is 4.54. The maximum Gasteiger partial charge on any atom is 0.265 e. The van der Waals surface area contributed by atoms with Crippen LogP contribution in [0.4, 0.5) is 5.69 Å². The second-order valence-electron chi connectivity index (χ2n) is 10.1. The summed E-state index contributed by atoms with van der Waals surface area (Å²) in [4.78, 5) is 28.3. The van der Waals surface area contributed by atoms with Gasteiger partial charge in [0.15, 0.2) is 0 Å². The Kier molecular flexibility index (Phi) is 7.87. The van der Waals surface area contributed by atoms with Crippen LogP contribution in [0.5, 0.6) is 0 Å². The Bertz CT molecular complexity index is 1410. The molecular weight excluding hydrogens is 486 g/mol. The van der Waals surface area contributed by atoms with Crippen LogP contribution >= 0.6 is 0 Å². The predicted octanol–water partition coefficient (Wildman–Crippen LogP) is 4.63. The molecule has 3 aromatic carbocycles. The van der Waals surface area contributed by atoms with E-state index in [1.165, 1.54) is 4.31 Å². The topological polar surface area (TPSA) is 86.8 Å². The van der Waals surface area contributed by atoms with E-state index >= 15 is 0 Å². The molecule has 0 radical (unpaired) electrons. The smallest absolute Gasteiger partial charge is 0.265 e. The van der Waals surface area contributed by atoms with E-state index in [4.69, 9.17) is 0 Å². The Labute approximate surface area is 219 Å². The largest absolute Gasteiger partial charge is 0.354 e. The number of nitrogens with zero attached hydrogens (tertiary/aromatic N) is 2. The first-order chi connectivity index (χ1) is 17.6. The molecule has 0 unspecified atom stereocenters. The van der Waals surface area contributed by atoms with E-state index in [1.807, 2.05) is 69.3 Å². The average Bonchev–Trinajstić information content (AvgIpc) is 3.09. The molecule has 1 heterocycles. The Balaban J connectivity index is 1.49. The maximum absolute atomic E-state index is 13.5. The summed E-state index contributed by atoms with van der Waals surface area (Å²) in [6.45, 7) is 8.81. The van der Waals surface area contributed by atoms with E-state index in [9.17, 15) is 18.0 Å². The molecule has 1 aliphatic heterocycles. The quantitative estimate of drug-likeness (QED) is 0.422. The molecule has 0 spiro atoms. The number of carbonyl (C=O) groups is 2. The van der Waals surface area contributed by atoms with E-state index in [0.717, 1.165) is 21.9 Å². The first-order valence-electron chi connectivity index (χ1n) is 12.8. The van der Waals surface area contributed by atoms with Crippen molar-refractivity contribution in [3.05, 3.63) is 71.8 Å². The molecule has 0 saturated carbocycles. The lowest BCUT2D eigenvalue weighted by molar-refractivity contribution is -0.140. The molecule has 37 heavy (non-hydrogen) atoms. The molecule has 196 valence electrons. The van der Waals surface area contributed by atoms with Gasteiger partial charge in [-0.2, -0.15) is 0 Å². The first kappa shape index (κ1) is 26.7. The van der Waals surface area contributed by atoms with Crippen molar-refractivity contribution in [3.63, 3.8) is 0 Å². The standard InChI is InChI=1S/C29H35N3O4S/c1-20(2)18-30-29(34)22(4)31(19-24-11-6-5-10-21(24)3)27(33)16-9-17-32-25-14-7-12-23-13-8-15-26(28(23)25)37(32,35)36/h5-8,10-15,20,22H,9,16-19H2,1-4H3,(H,30,34)/t22-/m1/s1. The van der Waals surface area contributed by atoms with E-state index in [2.05, 4.69) is 5.32 Å². The Morgan fingerprint density at radius 1 is 0.973 bits per heavy atom. The Morgan fingerprint density at radius 2 is 1.68 bits per heavy atom. The van der Waals surface area contributed by atoms with Gasteiger partial charge >= 0.3 is 0 Å². The fourth-order valence-corrected chi connectivity index (χ4v) is 6.47. The highest BCUT2D eigenvalue weighted by Crippen LogP contribution is 2.42. The summed E-state index contributed by atoms with van der Waals surface area (Å²) >= 11 is 0. The van der Waals surface area contributed by atoms with Gasteiger partial charge in [0, 0.05) is 31.4 Å². The normalized spacial score (nSPS) is 14.7. The molecule has 8 heteroatoms. The van der Waals surface area contributed by atoms with Crippen molar-refractivity contribution in [2.75, 3.05) is 17.4 Å². The van der Waals surface area contributed by atoms with Crippen LogP contribution in [-0.4, -0.2) is 44.3 Å². The molecule has 4 rings (SSSR count). The highest BCUT2D eigenvalue weighted by Gasteiger charge is 2.35. The minimum atomic E-state index is -3.67. The van der Waals surface area contributed by atoms with E-state index in [1.54, 1.807) is 24.0 Å². The maximum atomic E-state index is 13.5. The van der Waals surface area contributed by atoms with Crippen molar-refractivity contribution in [2.24, 2.45) is 5.92 Å². The SMILES string of the molecule is Cc1ccccc1CN(C(=O)CCCN1c2cccc3cccc(c23)S1(=O)=O)[C@H](C)C(=O)NCC(C)C. The third kappa shape index (κ3) is 5.49. The number of rotatable bonds is 10.